The summed E-state index contributed by atoms with van der Waals surface area (Å²) in [6, 6.07) is 5.27. The molecule has 10 heteroatoms. The molecule has 0 aliphatic carbocycles. The summed E-state index contributed by atoms with van der Waals surface area (Å²) in [7, 11) is -4.47. The first-order chi connectivity index (χ1) is 12.8. The number of halogens is 1. The van der Waals surface area contributed by atoms with E-state index in [9.17, 15) is 18.0 Å². The molecular formula is C17H17ClN2O5S2. The smallest absolute Gasteiger partial charge is 0.340 e. The SMILES string of the molecule is Cc1cc(NC(=O)c2cccs2)c(S(=O)(=O)OC(=O)[C@@H]2CCCN2)cc1Cl. The second-order valence-corrected chi connectivity index (χ2v) is 8.90. The van der Waals surface area contributed by atoms with Gasteiger partial charge in [0.15, 0.2) is 0 Å². The van der Waals surface area contributed by atoms with Gasteiger partial charge in [0.25, 0.3) is 5.91 Å². The van der Waals surface area contributed by atoms with Gasteiger partial charge in [-0.3, -0.25) is 4.79 Å². The third-order valence-corrected chi connectivity index (χ3v) is 6.60. The highest BCUT2D eigenvalue weighted by atomic mass is 35.5. The molecule has 0 saturated carbocycles. The molecule has 1 aliphatic heterocycles. The molecule has 1 aromatic carbocycles. The number of nitrogens with one attached hydrogen (secondary N) is 2. The summed E-state index contributed by atoms with van der Waals surface area (Å²) < 4.78 is 30.1. The Labute approximate surface area is 165 Å². The van der Waals surface area contributed by atoms with Crippen molar-refractivity contribution < 1.29 is 22.2 Å². The lowest BCUT2D eigenvalue weighted by Gasteiger charge is -2.15. The fourth-order valence-electron chi connectivity index (χ4n) is 2.66. The molecule has 1 saturated heterocycles. The van der Waals surface area contributed by atoms with Gasteiger partial charge in [0.05, 0.1) is 10.6 Å². The van der Waals surface area contributed by atoms with Crippen molar-refractivity contribution in [1.29, 1.82) is 0 Å². The van der Waals surface area contributed by atoms with Crippen LogP contribution in [0.5, 0.6) is 0 Å². The maximum absolute atomic E-state index is 12.7. The Balaban J connectivity index is 1.91. The van der Waals surface area contributed by atoms with E-state index in [-0.39, 0.29) is 15.6 Å². The first-order valence-electron chi connectivity index (χ1n) is 8.14. The topological polar surface area (TPSA) is 102 Å². The Morgan fingerprint density at radius 3 is 2.78 bits per heavy atom. The van der Waals surface area contributed by atoms with Crippen LogP contribution in [0.4, 0.5) is 5.69 Å². The van der Waals surface area contributed by atoms with Gasteiger partial charge in [0.2, 0.25) is 0 Å². The molecule has 1 atom stereocenters. The summed E-state index contributed by atoms with van der Waals surface area (Å²) in [6.07, 6.45) is 1.27. The zero-order valence-corrected chi connectivity index (χ0v) is 16.7. The van der Waals surface area contributed by atoms with Crippen LogP contribution in [0, 0.1) is 6.92 Å². The Bertz CT molecular complexity index is 967. The molecule has 0 unspecified atom stereocenters. The van der Waals surface area contributed by atoms with Crippen LogP contribution in [0.1, 0.15) is 28.1 Å². The van der Waals surface area contributed by atoms with Crippen molar-refractivity contribution in [2.75, 3.05) is 11.9 Å². The van der Waals surface area contributed by atoms with Crippen LogP contribution in [0.3, 0.4) is 0 Å². The summed E-state index contributed by atoms with van der Waals surface area (Å²) in [5.41, 5.74) is 0.573. The van der Waals surface area contributed by atoms with Gasteiger partial charge < -0.3 is 14.8 Å². The lowest BCUT2D eigenvalue weighted by Crippen LogP contribution is -2.34. The minimum absolute atomic E-state index is 0.00230. The van der Waals surface area contributed by atoms with Crippen LogP contribution < -0.4 is 10.6 Å². The number of anilines is 1. The third-order valence-electron chi connectivity index (χ3n) is 4.06. The second-order valence-electron chi connectivity index (χ2n) is 6.03. The Morgan fingerprint density at radius 1 is 1.37 bits per heavy atom. The molecule has 1 fully saturated rings. The number of hydrogen-bond donors (Lipinski definition) is 2. The maximum atomic E-state index is 12.7. The summed E-state index contributed by atoms with van der Waals surface area (Å²) in [5.74, 6) is -1.34. The highest BCUT2D eigenvalue weighted by molar-refractivity contribution is 7.87. The Morgan fingerprint density at radius 2 is 2.15 bits per heavy atom. The predicted octanol–water partition coefficient (Wildman–Crippen LogP) is 2.95. The number of aryl methyl sites for hydroxylation is 1. The number of carbonyl (C=O) groups excluding carboxylic acids is 2. The Hall–Kier alpha value is -1.94. The van der Waals surface area contributed by atoms with Crippen LogP contribution in [-0.4, -0.2) is 32.9 Å². The second kappa shape index (κ2) is 7.97. The number of rotatable bonds is 5. The molecular weight excluding hydrogens is 412 g/mol. The molecule has 3 rings (SSSR count). The third kappa shape index (κ3) is 4.49. The van der Waals surface area contributed by atoms with E-state index in [1.165, 1.54) is 23.5 Å². The molecule has 2 N–H and O–H groups in total. The molecule has 2 aromatic rings. The lowest BCUT2D eigenvalue weighted by molar-refractivity contribution is -0.135. The van der Waals surface area contributed by atoms with Crippen molar-refractivity contribution >= 4 is 50.6 Å². The standard InChI is InChI=1S/C17H17ClN2O5S2/c1-10-8-13(20-16(21)14-5-3-7-26-14)15(9-11(10)18)27(23,24)25-17(22)12-4-2-6-19-12/h3,5,7-9,12,19H,2,4,6H2,1H3,(H,20,21)/t12-/m0/s1. The van der Waals surface area contributed by atoms with E-state index >= 15 is 0 Å². The van der Waals surface area contributed by atoms with E-state index in [1.807, 2.05) is 0 Å². The molecule has 7 nitrogen and oxygen atoms in total. The number of hydrogen-bond acceptors (Lipinski definition) is 7. The molecule has 0 spiro atoms. The monoisotopic (exact) mass is 428 g/mol. The quantitative estimate of drug-likeness (QED) is 0.710. The van der Waals surface area contributed by atoms with Crippen LogP contribution in [-0.2, 0) is 19.1 Å². The minimum atomic E-state index is -4.47. The largest absolute Gasteiger partial charge is 0.343 e. The Kier molecular flexibility index (Phi) is 5.85. The van der Waals surface area contributed by atoms with E-state index in [4.69, 9.17) is 15.8 Å². The van der Waals surface area contributed by atoms with Crippen molar-refractivity contribution in [1.82, 2.24) is 5.32 Å². The van der Waals surface area contributed by atoms with Gasteiger partial charge in [-0.1, -0.05) is 17.7 Å². The van der Waals surface area contributed by atoms with Crippen molar-refractivity contribution in [3.8, 4) is 0 Å². The maximum Gasteiger partial charge on any atom is 0.343 e. The number of carbonyl (C=O) groups is 2. The van der Waals surface area contributed by atoms with Gasteiger partial charge in [0.1, 0.15) is 10.9 Å². The first kappa shape index (κ1) is 19.8. The molecule has 0 bridgehead atoms. The molecule has 2 heterocycles. The summed E-state index contributed by atoms with van der Waals surface area (Å²) in [4.78, 5) is 24.5. The number of amides is 1. The van der Waals surface area contributed by atoms with E-state index in [1.54, 1.807) is 24.4 Å². The number of benzene rings is 1. The van der Waals surface area contributed by atoms with Gasteiger partial charge >= 0.3 is 16.1 Å². The van der Waals surface area contributed by atoms with Gasteiger partial charge in [-0.05, 0) is 55.5 Å². The van der Waals surface area contributed by atoms with Gasteiger partial charge in [-0.15, -0.1) is 11.3 Å². The minimum Gasteiger partial charge on any atom is -0.340 e. The van der Waals surface area contributed by atoms with E-state index in [2.05, 4.69) is 10.6 Å². The molecule has 27 heavy (non-hydrogen) atoms. The zero-order chi connectivity index (χ0) is 19.6. The zero-order valence-electron chi connectivity index (χ0n) is 14.3. The van der Waals surface area contributed by atoms with Crippen LogP contribution in [0.2, 0.25) is 5.02 Å². The summed E-state index contributed by atoms with van der Waals surface area (Å²) >= 11 is 7.28. The lowest BCUT2D eigenvalue weighted by atomic mass is 10.2. The highest BCUT2D eigenvalue weighted by Crippen LogP contribution is 2.31. The molecule has 144 valence electrons. The average Bonchev–Trinajstić information content (AvgIpc) is 3.30. The van der Waals surface area contributed by atoms with Crippen molar-refractivity contribution in [2.45, 2.75) is 30.7 Å². The molecule has 0 radical (unpaired) electrons. The van der Waals surface area contributed by atoms with Gasteiger partial charge in [0, 0.05) is 5.02 Å². The van der Waals surface area contributed by atoms with E-state index in [0.29, 0.717) is 23.4 Å². The van der Waals surface area contributed by atoms with Crippen LogP contribution in [0.25, 0.3) is 0 Å². The van der Waals surface area contributed by atoms with Crippen LogP contribution >= 0.6 is 22.9 Å². The molecule has 1 amide bonds. The predicted molar refractivity (Wildman–Crippen MR) is 103 cm³/mol. The van der Waals surface area contributed by atoms with Crippen molar-refractivity contribution in [3.63, 3.8) is 0 Å². The van der Waals surface area contributed by atoms with E-state index in [0.717, 1.165) is 6.42 Å². The fraction of sp³-hybridized carbons (Fsp3) is 0.294. The van der Waals surface area contributed by atoms with Gasteiger partial charge in [-0.2, -0.15) is 8.42 Å². The fourth-order valence-corrected chi connectivity index (χ4v) is 4.57. The number of thiophene rings is 1. The summed E-state index contributed by atoms with van der Waals surface area (Å²) in [6.45, 7) is 2.30. The highest BCUT2D eigenvalue weighted by Gasteiger charge is 2.31. The normalized spacial score (nSPS) is 16.9. The van der Waals surface area contributed by atoms with Crippen LogP contribution in [0.15, 0.2) is 34.5 Å². The molecule has 1 aliphatic rings. The summed E-state index contributed by atoms with van der Waals surface area (Å²) in [5, 5.41) is 7.35. The van der Waals surface area contributed by atoms with Gasteiger partial charge in [-0.25, -0.2) is 4.79 Å². The van der Waals surface area contributed by atoms with Crippen molar-refractivity contribution in [2.24, 2.45) is 0 Å². The van der Waals surface area contributed by atoms with Crippen molar-refractivity contribution in [3.05, 3.63) is 45.1 Å². The van der Waals surface area contributed by atoms with E-state index < -0.39 is 28.0 Å². The average molecular weight is 429 g/mol. The molecule has 1 aromatic heterocycles. The first-order valence-corrected chi connectivity index (χ1v) is 10.8.